The van der Waals surface area contributed by atoms with Crippen LogP contribution in [-0.2, 0) is 25.7 Å². The van der Waals surface area contributed by atoms with E-state index in [9.17, 15) is 19.2 Å². The number of ether oxygens (including phenoxy) is 1. The number of rotatable bonds is 13. The van der Waals surface area contributed by atoms with Crippen LogP contribution < -0.4 is 11.1 Å². The highest BCUT2D eigenvalue weighted by molar-refractivity contribution is 9.10. The first-order chi connectivity index (χ1) is 16.0. The summed E-state index contributed by atoms with van der Waals surface area (Å²) in [5.41, 5.74) is 5.08. The monoisotopic (exact) mass is 542 g/mol. The summed E-state index contributed by atoms with van der Waals surface area (Å²) >= 11 is 3.26. The summed E-state index contributed by atoms with van der Waals surface area (Å²) in [6.07, 6.45) is 4.58. The van der Waals surface area contributed by atoms with E-state index in [2.05, 4.69) is 15.9 Å². The Morgan fingerprint density at radius 2 is 1.50 bits per heavy atom. The molecule has 0 spiro atoms. The van der Waals surface area contributed by atoms with Crippen molar-refractivity contribution in [3.8, 4) is 0 Å². The molecular weight excluding hydrogens is 504 g/mol. The molecule has 0 heterocycles. The second kappa shape index (κ2) is 16.2. The third kappa shape index (κ3) is 11.1. The van der Waals surface area contributed by atoms with E-state index in [-0.39, 0.29) is 24.9 Å². The molecule has 1 rings (SSSR count). The van der Waals surface area contributed by atoms with Gasteiger partial charge >= 0.3 is 18.0 Å². The maximum Gasteiger partial charge on any atom is 0.318 e. The number of carboxylic acids is 1. The van der Waals surface area contributed by atoms with Gasteiger partial charge in [0.1, 0.15) is 10.9 Å². The number of urea groups is 1. The van der Waals surface area contributed by atoms with Crippen molar-refractivity contribution in [1.82, 2.24) is 5.32 Å². The molecule has 0 bridgehead atoms. The Kier molecular flexibility index (Phi) is 15.1. The van der Waals surface area contributed by atoms with Crippen LogP contribution >= 0.6 is 15.9 Å². The maximum atomic E-state index is 12.6. The molecule has 8 nitrogen and oxygen atoms in total. The number of nitrogens with one attached hydrogen (secondary N) is 1. The van der Waals surface area contributed by atoms with Gasteiger partial charge < -0.3 is 15.6 Å². The Morgan fingerprint density at radius 1 is 0.971 bits per heavy atom. The molecule has 3 amide bonds. The summed E-state index contributed by atoms with van der Waals surface area (Å²) in [5.74, 6) is -1.51. The molecule has 0 aliphatic heterocycles. The summed E-state index contributed by atoms with van der Waals surface area (Å²) in [5, 5.41) is 11.0. The number of hydrogen-bond donors (Lipinski definition) is 3. The van der Waals surface area contributed by atoms with Gasteiger partial charge in [-0.05, 0) is 37.7 Å². The molecule has 0 aliphatic carbocycles. The number of alkyl halides is 1. The van der Waals surface area contributed by atoms with Crippen LogP contribution in [-0.4, -0.2) is 33.3 Å². The van der Waals surface area contributed by atoms with Gasteiger partial charge in [-0.15, -0.1) is 0 Å². The second-order valence-electron chi connectivity index (χ2n) is 8.23. The van der Waals surface area contributed by atoms with Crippen molar-refractivity contribution in [2.75, 3.05) is 0 Å². The average Bonchev–Trinajstić information content (AvgIpc) is 2.81. The molecule has 0 fully saturated rings. The zero-order valence-electron chi connectivity index (χ0n) is 20.7. The first-order valence-electron chi connectivity index (χ1n) is 11.7. The normalized spacial score (nSPS) is 11.1. The van der Waals surface area contributed by atoms with Crippen LogP contribution in [0.15, 0.2) is 30.3 Å². The molecule has 0 radical (unpaired) electrons. The molecule has 1 aromatic rings. The van der Waals surface area contributed by atoms with E-state index >= 15 is 0 Å². The summed E-state index contributed by atoms with van der Waals surface area (Å²) < 4.78 is 4.83. The maximum absolute atomic E-state index is 12.6. The van der Waals surface area contributed by atoms with E-state index in [1.54, 1.807) is 0 Å². The first kappa shape index (κ1) is 31.6. The molecule has 1 aromatic carbocycles. The van der Waals surface area contributed by atoms with Gasteiger partial charge in [0.25, 0.3) is 0 Å². The third-order valence-corrected chi connectivity index (χ3v) is 7.17. The van der Waals surface area contributed by atoms with Crippen molar-refractivity contribution in [3.05, 3.63) is 35.9 Å². The van der Waals surface area contributed by atoms with Crippen LogP contribution in [0.3, 0.4) is 0 Å². The van der Waals surface area contributed by atoms with E-state index in [0.29, 0.717) is 32.1 Å². The lowest BCUT2D eigenvalue weighted by atomic mass is 9.75. The fraction of sp³-hybridized carbons (Fsp3) is 0.600. The number of carboxylic acid groups (broad SMARTS) is 1. The smallest absolute Gasteiger partial charge is 0.318 e. The van der Waals surface area contributed by atoms with Gasteiger partial charge in [-0.1, -0.05) is 86.8 Å². The van der Waals surface area contributed by atoms with Crippen LogP contribution in [0.25, 0.3) is 0 Å². The lowest BCUT2D eigenvalue weighted by molar-refractivity contribution is -0.159. The molecule has 9 heteroatoms. The Bertz CT molecular complexity index is 775. The molecule has 0 saturated carbocycles. The van der Waals surface area contributed by atoms with Crippen molar-refractivity contribution in [2.45, 2.75) is 90.0 Å². The highest BCUT2D eigenvalue weighted by Gasteiger charge is 2.38. The lowest BCUT2D eigenvalue weighted by Crippen LogP contribution is -2.46. The Labute approximate surface area is 211 Å². The largest absolute Gasteiger partial charge is 0.481 e. The molecule has 0 aromatic heterocycles. The quantitative estimate of drug-likeness (QED) is 0.228. The first-order valence-corrected chi connectivity index (χ1v) is 12.5. The van der Waals surface area contributed by atoms with Crippen molar-refractivity contribution < 1.29 is 29.0 Å². The van der Waals surface area contributed by atoms with Gasteiger partial charge in [0.2, 0.25) is 5.91 Å². The van der Waals surface area contributed by atoms with Crippen LogP contribution in [0, 0.1) is 5.41 Å². The summed E-state index contributed by atoms with van der Waals surface area (Å²) in [6, 6.07) is 8.72. The number of hydrogen-bond acceptors (Lipinski definition) is 5. The summed E-state index contributed by atoms with van der Waals surface area (Å²) in [7, 11) is 0. The molecule has 0 unspecified atom stereocenters. The van der Waals surface area contributed by atoms with E-state index in [1.165, 1.54) is 0 Å². The van der Waals surface area contributed by atoms with Crippen LogP contribution in [0.4, 0.5) is 4.79 Å². The Morgan fingerprint density at radius 3 is 1.91 bits per heavy atom. The highest BCUT2D eigenvalue weighted by Crippen LogP contribution is 2.37. The van der Waals surface area contributed by atoms with Gasteiger partial charge in [-0.3, -0.25) is 19.7 Å². The van der Waals surface area contributed by atoms with Crippen LogP contribution in [0.2, 0.25) is 0 Å². The molecule has 34 heavy (non-hydrogen) atoms. The number of nitrogens with two attached hydrogens (primary N) is 1. The topological polar surface area (TPSA) is 136 Å². The SMILES string of the molecule is CCC(Br)(CC)C(=O)NC(N)=O.CCCC(CCC)(CCC(=O)O)C(=O)OCc1ccccc1. The van der Waals surface area contributed by atoms with Crippen LogP contribution in [0.1, 0.15) is 84.6 Å². The number of carbonyl (C=O) groups excluding carboxylic acids is 3. The van der Waals surface area contributed by atoms with Crippen LogP contribution in [0.5, 0.6) is 0 Å². The molecular formula is C25H39BrN2O6. The average molecular weight is 543 g/mol. The number of primary amides is 1. The standard InChI is InChI=1S/C18H26O4.C7H13BrN2O2/c1-3-11-18(12-4-2,13-10-16(19)20)17(21)22-14-15-8-6-5-7-9-15;1-3-7(8,4-2)5(11)10-6(9)12/h5-9H,3-4,10-14H2,1-2H3,(H,19,20);3-4H2,1-2H3,(H3,9,10,11,12). The number of benzene rings is 1. The number of halogens is 1. The van der Waals surface area contributed by atoms with Gasteiger partial charge in [0, 0.05) is 6.42 Å². The van der Waals surface area contributed by atoms with Gasteiger partial charge in [0.05, 0.1) is 5.41 Å². The van der Waals surface area contributed by atoms with Crippen molar-refractivity contribution in [1.29, 1.82) is 0 Å². The van der Waals surface area contributed by atoms with Crippen molar-refractivity contribution in [3.63, 3.8) is 0 Å². The Balaban J connectivity index is 0.000000770. The minimum Gasteiger partial charge on any atom is -0.481 e. The highest BCUT2D eigenvalue weighted by atomic mass is 79.9. The molecule has 4 N–H and O–H groups in total. The lowest BCUT2D eigenvalue weighted by Gasteiger charge is -2.30. The van der Waals surface area contributed by atoms with E-state index < -0.39 is 21.7 Å². The van der Waals surface area contributed by atoms with E-state index in [4.69, 9.17) is 15.6 Å². The van der Waals surface area contributed by atoms with E-state index in [1.807, 2.05) is 63.3 Å². The zero-order chi connectivity index (χ0) is 26.2. The number of imide groups is 1. The minimum atomic E-state index is -0.868. The third-order valence-electron chi connectivity index (χ3n) is 5.68. The molecule has 0 saturated heterocycles. The van der Waals surface area contributed by atoms with Gasteiger partial charge in [-0.2, -0.15) is 0 Å². The summed E-state index contributed by atoms with van der Waals surface area (Å²) in [4.78, 5) is 45.2. The zero-order valence-corrected chi connectivity index (χ0v) is 22.3. The molecule has 0 atom stereocenters. The van der Waals surface area contributed by atoms with Crippen molar-refractivity contribution >= 4 is 39.8 Å². The van der Waals surface area contributed by atoms with Crippen molar-refractivity contribution in [2.24, 2.45) is 11.1 Å². The van der Waals surface area contributed by atoms with Gasteiger partial charge in [0.15, 0.2) is 0 Å². The van der Waals surface area contributed by atoms with E-state index in [0.717, 1.165) is 18.4 Å². The Hall–Kier alpha value is -2.42. The second-order valence-corrected chi connectivity index (χ2v) is 9.74. The number of amides is 3. The fourth-order valence-corrected chi connectivity index (χ4v) is 3.75. The molecule has 0 aliphatic rings. The van der Waals surface area contributed by atoms with Gasteiger partial charge in [-0.25, -0.2) is 4.79 Å². The number of esters is 1. The fourth-order valence-electron chi connectivity index (χ4n) is 3.66. The number of aliphatic carboxylic acids is 1. The predicted molar refractivity (Wildman–Crippen MR) is 135 cm³/mol. The molecule has 192 valence electrons. The predicted octanol–water partition coefficient (Wildman–Crippen LogP) is 5.32. The number of carbonyl (C=O) groups is 4. The minimum absolute atomic E-state index is 0.000434. The summed E-state index contributed by atoms with van der Waals surface area (Å²) in [6.45, 7) is 7.98.